The van der Waals surface area contributed by atoms with E-state index in [0.717, 1.165) is 30.1 Å². The molecule has 6 heteroatoms. The molecule has 0 unspecified atom stereocenters. The molecule has 0 atom stereocenters. The second-order valence-corrected chi connectivity index (χ2v) is 6.50. The molecule has 0 spiro atoms. The van der Waals surface area contributed by atoms with E-state index in [-0.39, 0.29) is 0 Å². The maximum atomic E-state index is 12.6. The van der Waals surface area contributed by atoms with Crippen LogP contribution in [-0.2, 0) is 19.3 Å². The average molecular weight is 338 g/mol. The Hall–Kier alpha value is -1.82. The van der Waals surface area contributed by atoms with Gasteiger partial charge < -0.3 is 9.88 Å². The number of hydrogen-bond acceptors (Lipinski definition) is 1. The Bertz CT molecular complexity index is 640. The molecule has 0 aliphatic heterocycles. The van der Waals surface area contributed by atoms with E-state index in [1.165, 1.54) is 44.2 Å². The second kappa shape index (κ2) is 7.38. The number of benzene rings is 1. The summed E-state index contributed by atoms with van der Waals surface area (Å²) in [5.41, 5.74) is 0.239. The second-order valence-electron chi connectivity index (χ2n) is 6.50. The van der Waals surface area contributed by atoms with Crippen LogP contribution in [0.15, 0.2) is 36.7 Å². The predicted molar refractivity (Wildman–Crippen MR) is 85.3 cm³/mol. The SMILES string of the molecule is FC(F)(F)c1ccc(Cn2ccnc2C[NH2+]C2CCCCC2)cc1. The number of nitrogens with zero attached hydrogens (tertiary/aromatic N) is 2. The van der Waals surface area contributed by atoms with Crippen LogP contribution in [0.4, 0.5) is 13.2 Å². The van der Waals surface area contributed by atoms with E-state index in [4.69, 9.17) is 0 Å². The Morgan fingerprint density at radius 1 is 1.08 bits per heavy atom. The summed E-state index contributed by atoms with van der Waals surface area (Å²) in [5, 5.41) is 2.35. The average Bonchev–Trinajstić information content (AvgIpc) is 3.01. The van der Waals surface area contributed by atoms with Crippen molar-refractivity contribution in [2.45, 2.75) is 57.4 Å². The van der Waals surface area contributed by atoms with Crippen molar-refractivity contribution in [1.29, 1.82) is 0 Å². The van der Waals surface area contributed by atoms with Crippen LogP contribution in [0.1, 0.15) is 49.1 Å². The number of rotatable bonds is 5. The minimum absolute atomic E-state index is 0.548. The molecule has 1 saturated carbocycles. The number of aromatic nitrogens is 2. The molecule has 3 nitrogen and oxygen atoms in total. The van der Waals surface area contributed by atoms with Crippen LogP contribution in [0.5, 0.6) is 0 Å². The van der Waals surface area contributed by atoms with Crippen LogP contribution in [0.2, 0.25) is 0 Å². The van der Waals surface area contributed by atoms with Gasteiger partial charge in [0.2, 0.25) is 0 Å². The summed E-state index contributed by atoms with van der Waals surface area (Å²) in [6.45, 7) is 1.37. The number of hydrogen-bond donors (Lipinski definition) is 1. The highest BCUT2D eigenvalue weighted by Gasteiger charge is 2.29. The molecule has 1 aromatic heterocycles. The third kappa shape index (κ3) is 4.38. The zero-order chi connectivity index (χ0) is 17.0. The normalized spacial score (nSPS) is 16.5. The number of nitrogens with two attached hydrogens (primary N) is 1. The summed E-state index contributed by atoms with van der Waals surface area (Å²) in [5.74, 6) is 0.973. The van der Waals surface area contributed by atoms with Crippen molar-refractivity contribution in [3.63, 3.8) is 0 Å². The summed E-state index contributed by atoms with van der Waals surface area (Å²) in [7, 11) is 0. The van der Waals surface area contributed by atoms with E-state index in [1.54, 1.807) is 6.20 Å². The quantitative estimate of drug-likeness (QED) is 0.891. The van der Waals surface area contributed by atoms with Crippen molar-refractivity contribution >= 4 is 0 Å². The van der Waals surface area contributed by atoms with Crippen LogP contribution in [0.25, 0.3) is 0 Å². The lowest BCUT2D eigenvalue weighted by atomic mass is 9.95. The fourth-order valence-corrected chi connectivity index (χ4v) is 3.31. The maximum Gasteiger partial charge on any atom is 0.416 e. The van der Waals surface area contributed by atoms with Crippen molar-refractivity contribution < 1.29 is 18.5 Å². The summed E-state index contributed by atoms with van der Waals surface area (Å²) in [4.78, 5) is 4.41. The van der Waals surface area contributed by atoms with Gasteiger partial charge in [0.05, 0.1) is 11.6 Å². The smallest absolute Gasteiger partial charge is 0.338 e. The first-order valence-electron chi connectivity index (χ1n) is 8.52. The highest BCUT2D eigenvalue weighted by molar-refractivity contribution is 5.25. The highest BCUT2D eigenvalue weighted by atomic mass is 19.4. The summed E-state index contributed by atoms with van der Waals surface area (Å²) >= 11 is 0. The lowest BCUT2D eigenvalue weighted by Gasteiger charge is -2.19. The van der Waals surface area contributed by atoms with Gasteiger partial charge in [0.15, 0.2) is 5.82 Å². The van der Waals surface area contributed by atoms with Gasteiger partial charge in [-0.15, -0.1) is 0 Å². The lowest BCUT2D eigenvalue weighted by Crippen LogP contribution is -2.89. The molecule has 130 valence electrons. The highest BCUT2D eigenvalue weighted by Crippen LogP contribution is 2.29. The van der Waals surface area contributed by atoms with Crippen LogP contribution < -0.4 is 5.32 Å². The van der Waals surface area contributed by atoms with Crippen molar-refractivity contribution in [2.75, 3.05) is 0 Å². The molecular formula is C18H23F3N3+. The first-order chi connectivity index (χ1) is 11.5. The van der Waals surface area contributed by atoms with Gasteiger partial charge in [-0.25, -0.2) is 4.98 Å². The Kier molecular flexibility index (Phi) is 5.23. The number of alkyl halides is 3. The summed E-state index contributed by atoms with van der Waals surface area (Å²) in [6.07, 6.45) is 5.85. The Labute approximate surface area is 139 Å². The molecule has 1 aromatic carbocycles. The van der Waals surface area contributed by atoms with E-state index in [9.17, 15) is 13.2 Å². The number of quaternary nitrogens is 1. The van der Waals surface area contributed by atoms with Gasteiger partial charge in [0.25, 0.3) is 0 Å². The third-order valence-corrected chi connectivity index (χ3v) is 4.72. The minimum atomic E-state index is -4.28. The molecule has 1 fully saturated rings. The molecule has 1 aliphatic carbocycles. The van der Waals surface area contributed by atoms with Gasteiger partial charge in [-0.3, -0.25) is 0 Å². The van der Waals surface area contributed by atoms with Gasteiger partial charge in [0.1, 0.15) is 6.54 Å². The Morgan fingerprint density at radius 3 is 2.46 bits per heavy atom. The summed E-state index contributed by atoms with van der Waals surface area (Å²) in [6, 6.07) is 6.03. The van der Waals surface area contributed by atoms with Crippen LogP contribution >= 0.6 is 0 Å². The molecular weight excluding hydrogens is 315 g/mol. The zero-order valence-electron chi connectivity index (χ0n) is 13.6. The van der Waals surface area contributed by atoms with Crippen molar-refractivity contribution in [1.82, 2.24) is 9.55 Å². The lowest BCUT2D eigenvalue weighted by molar-refractivity contribution is -0.707. The molecule has 1 aliphatic rings. The number of imidazole rings is 1. The standard InChI is InChI=1S/C18H22F3N3/c19-18(20,21)15-8-6-14(7-9-15)13-24-11-10-22-17(24)12-23-16-4-2-1-3-5-16/h6-11,16,23H,1-5,12-13H2/p+1. The predicted octanol–water partition coefficient (Wildman–Crippen LogP) is 3.35. The molecule has 0 radical (unpaired) electrons. The first-order valence-corrected chi connectivity index (χ1v) is 8.52. The maximum absolute atomic E-state index is 12.6. The first kappa shape index (κ1) is 17.0. The molecule has 3 rings (SSSR count). The molecule has 2 aromatic rings. The van der Waals surface area contributed by atoms with Crippen molar-refractivity contribution in [3.05, 3.63) is 53.6 Å². The van der Waals surface area contributed by atoms with Crippen molar-refractivity contribution in [2.24, 2.45) is 0 Å². The van der Waals surface area contributed by atoms with Crippen LogP contribution in [-0.4, -0.2) is 15.6 Å². The van der Waals surface area contributed by atoms with Gasteiger partial charge in [-0.05, 0) is 43.4 Å². The largest absolute Gasteiger partial charge is 0.416 e. The minimum Gasteiger partial charge on any atom is -0.338 e. The molecule has 1 heterocycles. The third-order valence-electron chi connectivity index (χ3n) is 4.72. The van der Waals surface area contributed by atoms with E-state index >= 15 is 0 Å². The van der Waals surface area contributed by atoms with Gasteiger partial charge in [0, 0.05) is 18.9 Å². The monoisotopic (exact) mass is 338 g/mol. The van der Waals surface area contributed by atoms with Gasteiger partial charge in [-0.1, -0.05) is 18.6 Å². The zero-order valence-corrected chi connectivity index (χ0v) is 13.6. The van der Waals surface area contributed by atoms with Crippen LogP contribution in [0.3, 0.4) is 0 Å². The molecule has 0 bridgehead atoms. The Balaban J connectivity index is 1.60. The topological polar surface area (TPSA) is 34.4 Å². The number of halogens is 3. The van der Waals surface area contributed by atoms with Gasteiger partial charge >= 0.3 is 6.18 Å². The van der Waals surface area contributed by atoms with E-state index < -0.39 is 11.7 Å². The molecule has 2 N–H and O–H groups in total. The van der Waals surface area contributed by atoms with E-state index in [0.29, 0.717) is 12.6 Å². The van der Waals surface area contributed by atoms with E-state index in [2.05, 4.69) is 10.3 Å². The van der Waals surface area contributed by atoms with E-state index in [1.807, 2.05) is 10.8 Å². The molecule has 0 amide bonds. The Morgan fingerprint density at radius 2 is 1.79 bits per heavy atom. The van der Waals surface area contributed by atoms with Gasteiger partial charge in [-0.2, -0.15) is 13.2 Å². The molecule has 24 heavy (non-hydrogen) atoms. The van der Waals surface area contributed by atoms with Crippen LogP contribution in [0, 0.1) is 0 Å². The van der Waals surface area contributed by atoms with Crippen molar-refractivity contribution in [3.8, 4) is 0 Å². The molecule has 0 saturated heterocycles. The summed E-state index contributed by atoms with van der Waals surface area (Å²) < 4.78 is 39.9. The fourth-order valence-electron chi connectivity index (χ4n) is 3.31. The fraction of sp³-hybridized carbons (Fsp3) is 0.500.